The Morgan fingerprint density at radius 3 is 2.79 bits per heavy atom. The molecule has 0 fully saturated rings. The molecule has 0 heterocycles. The largest absolute Gasteiger partial charge is 0.480 e. The summed E-state index contributed by atoms with van der Waals surface area (Å²) >= 11 is 5.54. The molecule has 0 aliphatic rings. The van der Waals surface area contributed by atoms with E-state index in [1.165, 1.54) is 25.3 Å². The highest BCUT2D eigenvalue weighted by atomic mass is 35.5. The zero-order valence-corrected chi connectivity index (χ0v) is 10.7. The molecular weight excluding hydrogens is 279 g/mol. The van der Waals surface area contributed by atoms with E-state index in [0.29, 0.717) is 0 Å². The second kappa shape index (κ2) is 6.91. The predicted molar refractivity (Wildman–Crippen MR) is 66.9 cm³/mol. The van der Waals surface area contributed by atoms with Crippen molar-refractivity contribution < 1.29 is 23.8 Å². The molecule has 8 heteroatoms. The number of hydrogen-bond donors (Lipinski definition) is 3. The van der Waals surface area contributed by atoms with Gasteiger partial charge in [-0.25, -0.2) is 14.0 Å². The second-order valence-electron chi connectivity index (χ2n) is 3.55. The fourth-order valence-corrected chi connectivity index (χ4v) is 1.43. The van der Waals surface area contributed by atoms with Crippen molar-refractivity contribution in [3.8, 4) is 0 Å². The van der Waals surface area contributed by atoms with Gasteiger partial charge in [0.1, 0.15) is 0 Å². The number of carboxylic acid groups (broad SMARTS) is 1. The molecule has 0 saturated carbocycles. The molecule has 104 valence electrons. The number of carbonyl (C=O) groups excluding carboxylic acids is 1. The van der Waals surface area contributed by atoms with Gasteiger partial charge in [-0.3, -0.25) is 0 Å². The first-order valence-corrected chi connectivity index (χ1v) is 5.56. The van der Waals surface area contributed by atoms with E-state index < -0.39 is 23.9 Å². The molecule has 0 saturated heterocycles. The summed E-state index contributed by atoms with van der Waals surface area (Å²) in [6.07, 6.45) is 0. The van der Waals surface area contributed by atoms with Gasteiger partial charge in [0.15, 0.2) is 11.9 Å². The van der Waals surface area contributed by atoms with E-state index in [2.05, 4.69) is 15.4 Å². The summed E-state index contributed by atoms with van der Waals surface area (Å²) in [5, 5.41) is 12.9. The molecule has 3 N–H and O–H groups in total. The van der Waals surface area contributed by atoms with Gasteiger partial charge in [0.2, 0.25) is 0 Å². The number of anilines is 1. The third-order valence-corrected chi connectivity index (χ3v) is 2.43. The van der Waals surface area contributed by atoms with Gasteiger partial charge >= 0.3 is 12.0 Å². The second-order valence-corrected chi connectivity index (χ2v) is 3.95. The number of methoxy groups -OCH3 is 1. The average Bonchev–Trinajstić information content (AvgIpc) is 2.34. The number of aliphatic carboxylic acids is 1. The van der Waals surface area contributed by atoms with Crippen LogP contribution in [-0.2, 0) is 9.53 Å². The molecular formula is C11H12ClFN2O4. The lowest BCUT2D eigenvalue weighted by atomic mass is 10.3. The van der Waals surface area contributed by atoms with Crippen molar-refractivity contribution in [2.45, 2.75) is 6.04 Å². The number of rotatable bonds is 5. The molecule has 1 aromatic carbocycles. The van der Waals surface area contributed by atoms with Crippen LogP contribution in [0.15, 0.2) is 18.2 Å². The van der Waals surface area contributed by atoms with Crippen molar-refractivity contribution in [1.82, 2.24) is 5.32 Å². The van der Waals surface area contributed by atoms with Crippen LogP contribution in [0, 0.1) is 5.82 Å². The zero-order valence-electron chi connectivity index (χ0n) is 9.94. The molecule has 1 rings (SSSR count). The Hall–Kier alpha value is -1.86. The van der Waals surface area contributed by atoms with E-state index in [4.69, 9.17) is 16.7 Å². The molecule has 1 unspecified atom stereocenters. The molecule has 0 bridgehead atoms. The number of amides is 2. The lowest BCUT2D eigenvalue weighted by molar-refractivity contribution is -0.140. The quantitative estimate of drug-likeness (QED) is 0.770. The minimum atomic E-state index is -1.26. The van der Waals surface area contributed by atoms with Crippen LogP contribution in [0.1, 0.15) is 0 Å². The van der Waals surface area contributed by atoms with Crippen LogP contribution in [0.2, 0.25) is 5.02 Å². The van der Waals surface area contributed by atoms with Gasteiger partial charge in [-0.2, -0.15) is 0 Å². The van der Waals surface area contributed by atoms with Gasteiger partial charge < -0.3 is 20.5 Å². The van der Waals surface area contributed by atoms with Crippen molar-refractivity contribution in [3.63, 3.8) is 0 Å². The van der Waals surface area contributed by atoms with E-state index in [0.717, 1.165) is 0 Å². The average molecular weight is 291 g/mol. The molecule has 2 amide bonds. The zero-order chi connectivity index (χ0) is 14.4. The van der Waals surface area contributed by atoms with Crippen molar-refractivity contribution in [2.75, 3.05) is 19.0 Å². The summed E-state index contributed by atoms with van der Waals surface area (Å²) in [5.74, 6) is -2.05. The third-order valence-electron chi connectivity index (χ3n) is 2.14. The molecule has 19 heavy (non-hydrogen) atoms. The number of ether oxygens (including phenoxy) is 1. The summed E-state index contributed by atoms with van der Waals surface area (Å²) in [7, 11) is 1.30. The Kier molecular flexibility index (Phi) is 5.53. The van der Waals surface area contributed by atoms with Crippen LogP contribution < -0.4 is 10.6 Å². The van der Waals surface area contributed by atoms with Crippen LogP contribution in [0.4, 0.5) is 14.9 Å². The van der Waals surface area contributed by atoms with Crippen LogP contribution in [0.25, 0.3) is 0 Å². The Balaban J connectivity index is 2.69. The van der Waals surface area contributed by atoms with E-state index in [9.17, 15) is 14.0 Å². The lowest BCUT2D eigenvalue weighted by Gasteiger charge is -2.14. The standard InChI is InChI=1S/C11H12ClFN2O4/c1-19-5-8(10(16)17)15-11(18)14-7-4-2-3-6(12)9(7)13/h2-4,8H,5H2,1H3,(H,16,17)(H2,14,15,18). The van der Waals surface area contributed by atoms with Gasteiger partial charge in [-0.05, 0) is 12.1 Å². The maximum atomic E-state index is 13.5. The molecule has 6 nitrogen and oxygen atoms in total. The van der Waals surface area contributed by atoms with E-state index >= 15 is 0 Å². The van der Waals surface area contributed by atoms with Crippen LogP contribution in [0.5, 0.6) is 0 Å². The van der Waals surface area contributed by atoms with Crippen molar-refractivity contribution in [1.29, 1.82) is 0 Å². The number of hydrogen-bond acceptors (Lipinski definition) is 3. The SMILES string of the molecule is COCC(NC(=O)Nc1cccc(Cl)c1F)C(=O)O. The number of carboxylic acids is 1. The van der Waals surface area contributed by atoms with Crippen LogP contribution in [0.3, 0.4) is 0 Å². The first-order chi connectivity index (χ1) is 8.95. The normalized spacial score (nSPS) is 11.7. The monoisotopic (exact) mass is 290 g/mol. The fourth-order valence-electron chi connectivity index (χ4n) is 1.26. The highest BCUT2D eigenvalue weighted by Gasteiger charge is 2.20. The number of benzene rings is 1. The van der Waals surface area contributed by atoms with Crippen LogP contribution >= 0.6 is 11.6 Å². The van der Waals surface area contributed by atoms with Gasteiger partial charge in [0, 0.05) is 7.11 Å². The lowest BCUT2D eigenvalue weighted by Crippen LogP contribution is -2.45. The first-order valence-electron chi connectivity index (χ1n) is 5.19. The summed E-state index contributed by atoms with van der Waals surface area (Å²) in [4.78, 5) is 22.3. The molecule has 0 aliphatic heterocycles. The summed E-state index contributed by atoms with van der Waals surface area (Å²) in [6, 6.07) is 1.97. The van der Waals surface area contributed by atoms with Gasteiger partial charge in [0.25, 0.3) is 0 Å². The van der Waals surface area contributed by atoms with Gasteiger partial charge in [-0.15, -0.1) is 0 Å². The number of halogens is 2. The topological polar surface area (TPSA) is 87.7 Å². The Labute approximate surface area is 113 Å². The minimum Gasteiger partial charge on any atom is -0.480 e. The Bertz CT molecular complexity index is 484. The third kappa shape index (κ3) is 4.38. The number of nitrogens with one attached hydrogen (secondary N) is 2. The molecule has 0 aliphatic carbocycles. The molecule has 0 radical (unpaired) electrons. The van der Waals surface area contributed by atoms with E-state index in [-0.39, 0.29) is 17.3 Å². The van der Waals surface area contributed by atoms with Crippen molar-refractivity contribution in [2.24, 2.45) is 0 Å². The smallest absolute Gasteiger partial charge is 0.328 e. The van der Waals surface area contributed by atoms with Crippen molar-refractivity contribution >= 4 is 29.3 Å². The number of carbonyl (C=O) groups is 2. The maximum Gasteiger partial charge on any atom is 0.328 e. The minimum absolute atomic E-state index is 0.147. The Morgan fingerprint density at radius 1 is 1.53 bits per heavy atom. The summed E-state index contributed by atoms with van der Waals surface area (Å²) in [5.41, 5.74) is -0.147. The van der Waals surface area contributed by atoms with Crippen LogP contribution in [-0.4, -0.2) is 36.9 Å². The number of urea groups is 1. The van der Waals surface area contributed by atoms with Gasteiger partial charge in [-0.1, -0.05) is 17.7 Å². The molecule has 1 aromatic rings. The molecule has 0 aromatic heterocycles. The summed E-state index contributed by atoms with van der Waals surface area (Å²) < 4.78 is 18.1. The highest BCUT2D eigenvalue weighted by molar-refractivity contribution is 6.31. The Morgan fingerprint density at radius 2 is 2.21 bits per heavy atom. The maximum absolute atomic E-state index is 13.5. The highest BCUT2D eigenvalue weighted by Crippen LogP contribution is 2.21. The first kappa shape index (κ1) is 15.2. The fraction of sp³-hybridized carbons (Fsp3) is 0.273. The van der Waals surface area contributed by atoms with E-state index in [1.807, 2.05) is 0 Å². The van der Waals surface area contributed by atoms with Gasteiger partial charge in [0.05, 0.1) is 17.3 Å². The predicted octanol–water partition coefficient (Wildman–Crippen LogP) is 1.70. The van der Waals surface area contributed by atoms with Crippen molar-refractivity contribution in [3.05, 3.63) is 29.0 Å². The summed E-state index contributed by atoms with van der Waals surface area (Å²) in [6.45, 7) is -0.208. The van der Waals surface area contributed by atoms with E-state index in [1.54, 1.807) is 0 Å². The molecule has 1 atom stereocenters. The molecule has 0 spiro atoms.